The van der Waals surface area contributed by atoms with Crippen molar-refractivity contribution >= 4 is 29.1 Å². The van der Waals surface area contributed by atoms with Crippen molar-refractivity contribution in [2.24, 2.45) is 5.41 Å². The van der Waals surface area contributed by atoms with Gasteiger partial charge in [0, 0.05) is 17.9 Å². The van der Waals surface area contributed by atoms with Gasteiger partial charge < -0.3 is 9.84 Å². The van der Waals surface area contributed by atoms with Crippen molar-refractivity contribution in [3.8, 4) is 11.1 Å². The monoisotopic (exact) mass is 398 g/mol. The molecule has 1 aliphatic rings. The largest absolute Gasteiger partial charge is 0.511 e. The number of benzene rings is 2. The summed E-state index contributed by atoms with van der Waals surface area (Å²) in [5.74, 6) is 0.129. The van der Waals surface area contributed by atoms with E-state index in [1.54, 1.807) is 0 Å². The van der Waals surface area contributed by atoms with Gasteiger partial charge in [0.05, 0.1) is 5.57 Å². The number of aryl methyl sites for hydroxylation is 2. The number of hydrogen-bond donors (Lipinski definition) is 1. The van der Waals surface area contributed by atoms with Crippen LogP contribution in [-0.2, 0) is 9.53 Å². The third kappa shape index (κ3) is 4.12. The van der Waals surface area contributed by atoms with Crippen molar-refractivity contribution in [3.63, 3.8) is 0 Å². The Balaban J connectivity index is 2.21. The predicted molar refractivity (Wildman–Crippen MR) is 110 cm³/mol. The molecule has 1 N–H and O–H groups in total. The number of allylic oxidation sites excluding steroid dienone is 2. The average molecular weight is 399 g/mol. The van der Waals surface area contributed by atoms with Crippen LogP contribution in [0.5, 0.6) is 0 Å². The molecule has 5 heteroatoms. The van der Waals surface area contributed by atoms with Crippen LogP contribution >= 0.6 is 11.6 Å². The maximum Gasteiger partial charge on any atom is 0.511 e. The van der Waals surface area contributed by atoms with E-state index in [9.17, 15) is 14.7 Å². The van der Waals surface area contributed by atoms with E-state index in [0.29, 0.717) is 29.0 Å². The fourth-order valence-electron chi connectivity index (χ4n) is 3.82. The molecule has 0 fully saturated rings. The molecule has 2 aromatic rings. The van der Waals surface area contributed by atoms with Crippen LogP contribution in [0.25, 0.3) is 16.7 Å². The molecule has 4 nitrogen and oxygen atoms in total. The minimum Gasteiger partial charge on any atom is -0.449 e. The van der Waals surface area contributed by atoms with Crippen LogP contribution in [0.4, 0.5) is 4.79 Å². The third-order valence-corrected chi connectivity index (χ3v) is 5.29. The van der Waals surface area contributed by atoms with Crippen LogP contribution in [0.15, 0.2) is 42.2 Å². The number of ether oxygens (including phenoxy) is 1. The maximum absolute atomic E-state index is 13.0. The van der Waals surface area contributed by atoms with Gasteiger partial charge in [0.2, 0.25) is 0 Å². The molecule has 0 aromatic heterocycles. The van der Waals surface area contributed by atoms with Crippen LogP contribution in [0, 0.1) is 19.3 Å². The lowest BCUT2D eigenvalue weighted by Gasteiger charge is -2.31. The highest BCUT2D eigenvalue weighted by Crippen LogP contribution is 2.42. The summed E-state index contributed by atoms with van der Waals surface area (Å²) >= 11 is 6.01. The Bertz CT molecular complexity index is 984. The maximum atomic E-state index is 13.0. The minimum absolute atomic E-state index is 0.0958. The molecule has 0 amide bonds. The minimum atomic E-state index is -1.40. The molecule has 28 heavy (non-hydrogen) atoms. The van der Waals surface area contributed by atoms with E-state index < -0.39 is 6.16 Å². The summed E-state index contributed by atoms with van der Waals surface area (Å²) in [5.41, 5.74) is 4.66. The van der Waals surface area contributed by atoms with E-state index in [0.717, 1.165) is 22.3 Å². The Morgan fingerprint density at radius 2 is 1.64 bits per heavy atom. The molecular weight excluding hydrogens is 376 g/mol. The number of carboxylic acid groups (broad SMARTS) is 1. The first-order chi connectivity index (χ1) is 13.1. The van der Waals surface area contributed by atoms with Crippen LogP contribution < -0.4 is 0 Å². The fourth-order valence-corrected chi connectivity index (χ4v) is 3.95. The summed E-state index contributed by atoms with van der Waals surface area (Å²) < 4.78 is 5.07. The molecule has 0 atom stereocenters. The zero-order valence-corrected chi connectivity index (χ0v) is 17.2. The van der Waals surface area contributed by atoms with Gasteiger partial charge in [-0.15, -0.1) is 0 Å². The summed E-state index contributed by atoms with van der Waals surface area (Å²) in [6.45, 7) is 7.81. The highest BCUT2D eigenvalue weighted by molar-refractivity contribution is 6.30. The van der Waals surface area contributed by atoms with Gasteiger partial charge in [0.1, 0.15) is 5.76 Å². The second-order valence-electron chi connectivity index (χ2n) is 8.10. The first kappa shape index (κ1) is 20.2. The smallest absolute Gasteiger partial charge is 0.449 e. The Labute approximate surface area is 169 Å². The molecule has 3 rings (SSSR count). The summed E-state index contributed by atoms with van der Waals surface area (Å²) in [6, 6.07) is 11.5. The first-order valence-electron chi connectivity index (χ1n) is 9.12. The molecule has 0 unspecified atom stereocenters. The number of halogens is 1. The van der Waals surface area contributed by atoms with Crippen LogP contribution in [0.3, 0.4) is 0 Å². The molecule has 0 bridgehead atoms. The topological polar surface area (TPSA) is 63.6 Å². The van der Waals surface area contributed by atoms with Crippen molar-refractivity contribution in [1.29, 1.82) is 0 Å². The van der Waals surface area contributed by atoms with Gasteiger partial charge in [0.15, 0.2) is 5.78 Å². The number of ketones is 1. The Morgan fingerprint density at radius 1 is 1.04 bits per heavy atom. The third-order valence-electron chi connectivity index (χ3n) is 5.04. The SMILES string of the molecule is Cc1cc(C)c(-c2ccc(Cl)cc2)cc1C1=C(OC(=O)O)CC(C)(C)CC1=O. The fraction of sp³-hybridized carbons (Fsp3) is 0.304. The molecule has 0 saturated carbocycles. The normalized spacial score (nSPS) is 16.2. The molecule has 0 aliphatic heterocycles. The van der Waals surface area contributed by atoms with Crippen molar-refractivity contribution < 1.29 is 19.4 Å². The Morgan fingerprint density at radius 3 is 2.25 bits per heavy atom. The highest BCUT2D eigenvalue weighted by atomic mass is 35.5. The number of hydrogen-bond acceptors (Lipinski definition) is 3. The second kappa shape index (κ2) is 7.44. The van der Waals surface area contributed by atoms with Crippen molar-refractivity contribution in [1.82, 2.24) is 0 Å². The van der Waals surface area contributed by atoms with Gasteiger partial charge in [-0.2, -0.15) is 0 Å². The van der Waals surface area contributed by atoms with Crippen molar-refractivity contribution in [2.45, 2.75) is 40.5 Å². The molecule has 0 spiro atoms. The molecular formula is C23H23ClO4. The van der Waals surface area contributed by atoms with Crippen molar-refractivity contribution in [3.05, 3.63) is 63.9 Å². The van der Waals surface area contributed by atoms with E-state index in [2.05, 4.69) is 0 Å². The molecule has 0 heterocycles. The van der Waals surface area contributed by atoms with Crippen molar-refractivity contribution in [2.75, 3.05) is 0 Å². The van der Waals surface area contributed by atoms with E-state index >= 15 is 0 Å². The lowest BCUT2D eigenvalue weighted by molar-refractivity contribution is -0.116. The number of Topliss-reactive ketones (excluding diaryl/α,β-unsaturated/α-hetero) is 1. The molecule has 2 aromatic carbocycles. The van der Waals surface area contributed by atoms with Gasteiger partial charge in [-0.25, -0.2) is 4.79 Å². The van der Waals surface area contributed by atoms with Crippen LogP contribution in [0.2, 0.25) is 5.02 Å². The predicted octanol–water partition coefficient (Wildman–Crippen LogP) is 6.42. The number of carbonyl (C=O) groups is 2. The number of rotatable bonds is 3. The van der Waals surface area contributed by atoms with E-state index in [1.165, 1.54) is 0 Å². The standard InChI is InChI=1S/C23H23ClO4/c1-13-9-14(2)18(10-17(13)15-5-7-16(24)8-6-15)21-19(25)11-23(3,4)12-20(21)28-22(26)27/h5-10H,11-12H2,1-4H3,(H,26,27). The van der Waals surface area contributed by atoms with Gasteiger partial charge in [-0.1, -0.05) is 43.6 Å². The van der Waals surface area contributed by atoms with Gasteiger partial charge in [-0.3, -0.25) is 4.79 Å². The summed E-state index contributed by atoms with van der Waals surface area (Å²) in [6.07, 6.45) is -0.664. The Kier molecular flexibility index (Phi) is 5.35. The quantitative estimate of drug-likeness (QED) is 0.606. The zero-order chi connectivity index (χ0) is 20.6. The zero-order valence-electron chi connectivity index (χ0n) is 16.4. The highest BCUT2D eigenvalue weighted by Gasteiger charge is 2.36. The lowest BCUT2D eigenvalue weighted by Crippen LogP contribution is -2.27. The molecule has 0 saturated heterocycles. The molecule has 0 radical (unpaired) electrons. The van der Waals surface area contributed by atoms with Gasteiger partial charge in [-0.05, 0) is 65.3 Å². The number of carbonyl (C=O) groups excluding carboxylic acids is 1. The summed E-state index contributed by atoms with van der Waals surface area (Å²) in [5, 5.41) is 9.83. The molecule has 146 valence electrons. The summed E-state index contributed by atoms with van der Waals surface area (Å²) in [7, 11) is 0. The van der Waals surface area contributed by atoms with Crippen LogP contribution in [0.1, 0.15) is 43.4 Å². The van der Waals surface area contributed by atoms with Gasteiger partial charge >= 0.3 is 6.16 Å². The van der Waals surface area contributed by atoms with Gasteiger partial charge in [0.25, 0.3) is 0 Å². The Hall–Kier alpha value is -2.59. The first-order valence-corrected chi connectivity index (χ1v) is 9.50. The molecule has 1 aliphatic carbocycles. The second-order valence-corrected chi connectivity index (χ2v) is 8.53. The van der Waals surface area contributed by atoms with E-state index in [-0.39, 0.29) is 17.0 Å². The average Bonchev–Trinajstić information content (AvgIpc) is 2.55. The summed E-state index contributed by atoms with van der Waals surface area (Å²) in [4.78, 5) is 24.2. The lowest BCUT2D eigenvalue weighted by atomic mass is 9.74. The van der Waals surface area contributed by atoms with Crippen LogP contribution in [-0.4, -0.2) is 17.0 Å². The van der Waals surface area contributed by atoms with E-state index in [1.807, 2.05) is 64.1 Å². The van der Waals surface area contributed by atoms with E-state index in [4.69, 9.17) is 16.3 Å².